The van der Waals surface area contributed by atoms with Crippen LogP contribution in [0.2, 0.25) is 0 Å². The number of nitrogens with zero attached hydrogens (tertiary/aromatic N) is 3. The Morgan fingerprint density at radius 1 is 1.38 bits per heavy atom. The van der Waals surface area contributed by atoms with E-state index < -0.39 is 0 Å². The van der Waals surface area contributed by atoms with Gasteiger partial charge in [-0.1, -0.05) is 17.8 Å². The minimum absolute atomic E-state index is 0.00163. The third-order valence-corrected chi connectivity index (χ3v) is 5.28. The van der Waals surface area contributed by atoms with Crippen molar-refractivity contribution in [1.29, 1.82) is 0 Å². The summed E-state index contributed by atoms with van der Waals surface area (Å²) in [4.78, 5) is 13.3. The summed E-state index contributed by atoms with van der Waals surface area (Å²) in [6.45, 7) is 3.38. The molecule has 3 heterocycles. The number of furan rings is 1. The number of hydrogen-bond donors (Lipinski definition) is 1. The Labute approximate surface area is 148 Å². The van der Waals surface area contributed by atoms with Gasteiger partial charge in [-0.3, -0.25) is 9.36 Å². The summed E-state index contributed by atoms with van der Waals surface area (Å²) in [5.74, 6) is 1.68. The number of amides is 1. The zero-order valence-electron chi connectivity index (χ0n) is 13.3. The van der Waals surface area contributed by atoms with Crippen molar-refractivity contribution in [2.75, 3.05) is 12.3 Å². The summed E-state index contributed by atoms with van der Waals surface area (Å²) in [5, 5.41) is 14.0. The van der Waals surface area contributed by atoms with E-state index in [0.29, 0.717) is 30.4 Å². The normalized spacial score (nSPS) is 10.9. The molecule has 0 spiro atoms. The Bertz CT molecular complexity index is 766. The van der Waals surface area contributed by atoms with Crippen molar-refractivity contribution < 1.29 is 9.21 Å². The molecule has 0 aliphatic heterocycles. The van der Waals surface area contributed by atoms with Crippen LogP contribution < -0.4 is 5.32 Å². The maximum atomic E-state index is 12.0. The molecule has 24 heavy (non-hydrogen) atoms. The molecule has 1 N–H and O–H groups in total. The largest absolute Gasteiger partial charge is 0.461 e. The zero-order valence-corrected chi connectivity index (χ0v) is 14.9. The fourth-order valence-electron chi connectivity index (χ4n) is 2.23. The molecule has 0 aromatic carbocycles. The maximum Gasteiger partial charge on any atom is 0.230 e. The first-order chi connectivity index (χ1) is 11.8. The molecule has 0 saturated heterocycles. The highest BCUT2D eigenvalue weighted by molar-refractivity contribution is 7.99. The molecule has 3 rings (SSSR count). The van der Waals surface area contributed by atoms with Crippen molar-refractivity contribution in [3.05, 3.63) is 40.8 Å². The van der Waals surface area contributed by atoms with Gasteiger partial charge in [0.05, 0.1) is 12.0 Å². The standard InChI is InChI=1S/C16H18N4O2S2/c1-2-20-15(13-6-3-9-22-13)18-19-16(20)24-11-14(21)17-8-7-12-5-4-10-23-12/h3-6,9-10H,2,7-8,11H2,1H3,(H,17,21). The van der Waals surface area contributed by atoms with Crippen LogP contribution in [0.15, 0.2) is 45.5 Å². The van der Waals surface area contributed by atoms with Crippen LogP contribution in [0, 0.1) is 0 Å². The zero-order chi connectivity index (χ0) is 16.8. The van der Waals surface area contributed by atoms with E-state index in [9.17, 15) is 4.79 Å². The van der Waals surface area contributed by atoms with E-state index in [1.54, 1.807) is 17.6 Å². The molecular formula is C16H18N4O2S2. The molecule has 6 nitrogen and oxygen atoms in total. The molecule has 0 radical (unpaired) electrons. The molecule has 0 aliphatic rings. The van der Waals surface area contributed by atoms with Crippen LogP contribution in [0.3, 0.4) is 0 Å². The van der Waals surface area contributed by atoms with Crippen LogP contribution in [0.25, 0.3) is 11.6 Å². The van der Waals surface area contributed by atoms with Crippen LogP contribution in [0.1, 0.15) is 11.8 Å². The molecule has 3 aromatic heterocycles. The highest BCUT2D eigenvalue weighted by Gasteiger charge is 2.16. The highest BCUT2D eigenvalue weighted by atomic mass is 32.2. The smallest absolute Gasteiger partial charge is 0.230 e. The summed E-state index contributed by atoms with van der Waals surface area (Å²) in [5.41, 5.74) is 0. The quantitative estimate of drug-likeness (QED) is 0.624. The van der Waals surface area contributed by atoms with E-state index in [2.05, 4.69) is 21.6 Å². The molecule has 0 atom stereocenters. The Kier molecular flexibility index (Phi) is 5.71. The van der Waals surface area contributed by atoms with Gasteiger partial charge in [0.25, 0.3) is 0 Å². The van der Waals surface area contributed by atoms with Gasteiger partial charge in [-0.05, 0) is 36.9 Å². The summed E-state index contributed by atoms with van der Waals surface area (Å²) in [7, 11) is 0. The lowest BCUT2D eigenvalue weighted by Crippen LogP contribution is -2.27. The van der Waals surface area contributed by atoms with E-state index in [4.69, 9.17) is 4.42 Å². The Morgan fingerprint density at radius 3 is 3.00 bits per heavy atom. The number of carbonyl (C=O) groups excluding carboxylic acids is 1. The van der Waals surface area contributed by atoms with E-state index in [-0.39, 0.29) is 5.91 Å². The maximum absolute atomic E-state index is 12.0. The lowest BCUT2D eigenvalue weighted by molar-refractivity contribution is -0.118. The molecule has 1 amide bonds. The van der Waals surface area contributed by atoms with Crippen molar-refractivity contribution in [2.45, 2.75) is 25.0 Å². The number of carbonyl (C=O) groups is 1. The second-order valence-electron chi connectivity index (χ2n) is 5.00. The first-order valence-corrected chi connectivity index (χ1v) is 9.53. The number of rotatable bonds is 8. The molecule has 8 heteroatoms. The lowest BCUT2D eigenvalue weighted by Gasteiger charge is -2.06. The van der Waals surface area contributed by atoms with Gasteiger partial charge in [-0.25, -0.2) is 0 Å². The Hall–Kier alpha value is -2.06. The topological polar surface area (TPSA) is 73.0 Å². The van der Waals surface area contributed by atoms with Crippen molar-refractivity contribution in [2.24, 2.45) is 0 Å². The van der Waals surface area contributed by atoms with Crippen molar-refractivity contribution >= 4 is 29.0 Å². The number of thioether (sulfide) groups is 1. The predicted octanol–water partition coefficient (Wildman–Crippen LogP) is 3.07. The van der Waals surface area contributed by atoms with Crippen LogP contribution in [0.4, 0.5) is 0 Å². The first kappa shape index (κ1) is 16.8. The van der Waals surface area contributed by atoms with Gasteiger partial charge < -0.3 is 9.73 Å². The average Bonchev–Trinajstić information content (AvgIpc) is 3.32. The number of thiophene rings is 1. The fraction of sp³-hybridized carbons (Fsp3) is 0.312. The summed E-state index contributed by atoms with van der Waals surface area (Å²) < 4.78 is 7.33. The Balaban J connectivity index is 1.52. The van der Waals surface area contributed by atoms with Gasteiger partial charge in [-0.15, -0.1) is 21.5 Å². The van der Waals surface area contributed by atoms with Gasteiger partial charge >= 0.3 is 0 Å². The van der Waals surface area contributed by atoms with E-state index in [1.807, 2.05) is 35.1 Å². The highest BCUT2D eigenvalue weighted by Crippen LogP contribution is 2.24. The number of nitrogens with one attached hydrogen (secondary N) is 1. The minimum Gasteiger partial charge on any atom is -0.461 e. The SMILES string of the molecule is CCn1c(SCC(=O)NCCc2cccs2)nnc1-c1ccco1. The fourth-order valence-corrected chi connectivity index (χ4v) is 3.77. The van der Waals surface area contributed by atoms with Gasteiger partial charge in [0.15, 0.2) is 16.7 Å². The molecule has 3 aromatic rings. The van der Waals surface area contributed by atoms with Gasteiger partial charge in [0, 0.05) is 18.0 Å². The van der Waals surface area contributed by atoms with Crippen molar-refractivity contribution in [3.63, 3.8) is 0 Å². The molecule has 0 fully saturated rings. The summed E-state index contributed by atoms with van der Waals surface area (Å²) in [6, 6.07) is 7.76. The molecule has 0 bridgehead atoms. The summed E-state index contributed by atoms with van der Waals surface area (Å²) >= 11 is 3.09. The third kappa shape index (κ3) is 4.07. The third-order valence-electron chi connectivity index (χ3n) is 3.38. The predicted molar refractivity (Wildman–Crippen MR) is 95.2 cm³/mol. The molecule has 0 unspecified atom stereocenters. The molecule has 0 aliphatic carbocycles. The molecule has 0 saturated carbocycles. The number of aromatic nitrogens is 3. The monoisotopic (exact) mass is 362 g/mol. The molecule has 126 valence electrons. The Morgan fingerprint density at radius 2 is 2.29 bits per heavy atom. The van der Waals surface area contributed by atoms with E-state index >= 15 is 0 Å². The second kappa shape index (κ2) is 8.16. The van der Waals surface area contributed by atoms with Crippen LogP contribution >= 0.6 is 23.1 Å². The van der Waals surface area contributed by atoms with Crippen LogP contribution in [-0.2, 0) is 17.8 Å². The second-order valence-corrected chi connectivity index (χ2v) is 6.97. The van der Waals surface area contributed by atoms with Crippen LogP contribution in [0.5, 0.6) is 0 Å². The van der Waals surface area contributed by atoms with Gasteiger partial charge in [0.1, 0.15) is 0 Å². The first-order valence-electron chi connectivity index (χ1n) is 7.67. The van der Waals surface area contributed by atoms with Crippen molar-refractivity contribution in [1.82, 2.24) is 20.1 Å². The average molecular weight is 362 g/mol. The van der Waals surface area contributed by atoms with E-state index in [1.165, 1.54) is 16.6 Å². The van der Waals surface area contributed by atoms with Crippen LogP contribution in [-0.4, -0.2) is 33.0 Å². The van der Waals surface area contributed by atoms with Crippen molar-refractivity contribution in [3.8, 4) is 11.6 Å². The lowest BCUT2D eigenvalue weighted by atomic mass is 10.3. The van der Waals surface area contributed by atoms with Gasteiger partial charge in [-0.2, -0.15) is 0 Å². The number of hydrogen-bond acceptors (Lipinski definition) is 6. The molecular weight excluding hydrogens is 344 g/mol. The summed E-state index contributed by atoms with van der Waals surface area (Å²) in [6.07, 6.45) is 2.47. The minimum atomic E-state index is 0.00163. The van der Waals surface area contributed by atoms with E-state index in [0.717, 1.165) is 11.6 Å². The van der Waals surface area contributed by atoms with Gasteiger partial charge in [0.2, 0.25) is 5.91 Å².